The molecule has 0 aliphatic carbocycles. The van der Waals surface area contributed by atoms with Crippen LogP contribution < -0.4 is 0 Å². The zero-order chi connectivity index (χ0) is 20.1. The number of alkyl halides is 3. The van der Waals surface area contributed by atoms with E-state index in [9.17, 15) is 27.6 Å². The number of para-hydroxylation sites is 2. The molecule has 0 bridgehead atoms. The number of carbonyl (C=O) groups excluding carboxylic acids is 3. The Balaban J connectivity index is 1.62. The summed E-state index contributed by atoms with van der Waals surface area (Å²) in [7, 11) is 0. The van der Waals surface area contributed by atoms with E-state index in [1.807, 2.05) is 0 Å². The fourth-order valence-corrected chi connectivity index (χ4v) is 2.96. The number of amides is 2. The molecule has 2 amide bonds. The predicted octanol–water partition coefficient (Wildman–Crippen LogP) is 2.81. The number of hydrogen-bond donors (Lipinski definition) is 0. The van der Waals surface area contributed by atoms with Gasteiger partial charge in [-0.3, -0.25) is 9.59 Å². The molecule has 0 N–H and O–H groups in total. The normalized spacial score (nSPS) is 13.9. The number of nitrogens with zero attached hydrogens (tertiary/aromatic N) is 3. The molecule has 0 saturated heterocycles. The Bertz CT molecular complexity index is 1100. The van der Waals surface area contributed by atoms with Crippen LogP contribution in [-0.2, 0) is 22.4 Å². The van der Waals surface area contributed by atoms with Gasteiger partial charge in [-0.15, -0.1) is 0 Å². The van der Waals surface area contributed by atoms with Crippen molar-refractivity contribution in [1.82, 2.24) is 14.6 Å². The highest BCUT2D eigenvalue weighted by Gasteiger charge is 2.40. The Morgan fingerprint density at radius 3 is 2.14 bits per heavy atom. The van der Waals surface area contributed by atoms with Gasteiger partial charge in [0.1, 0.15) is 6.54 Å². The van der Waals surface area contributed by atoms with Gasteiger partial charge in [-0.2, -0.15) is 13.2 Å². The lowest BCUT2D eigenvalue weighted by Crippen LogP contribution is -2.34. The summed E-state index contributed by atoms with van der Waals surface area (Å²) >= 11 is 0. The summed E-state index contributed by atoms with van der Waals surface area (Å²) in [6.07, 6.45) is -4.81. The van der Waals surface area contributed by atoms with Crippen LogP contribution in [0.4, 0.5) is 13.2 Å². The number of imide groups is 1. The van der Waals surface area contributed by atoms with Gasteiger partial charge in [0.2, 0.25) is 5.82 Å². The van der Waals surface area contributed by atoms with Gasteiger partial charge in [-0.25, -0.2) is 9.78 Å². The van der Waals surface area contributed by atoms with Crippen molar-refractivity contribution in [1.29, 1.82) is 0 Å². The fourth-order valence-electron chi connectivity index (χ4n) is 2.96. The van der Waals surface area contributed by atoms with Gasteiger partial charge in [0.25, 0.3) is 11.8 Å². The third-order valence-electron chi connectivity index (χ3n) is 4.15. The first-order valence-electron chi connectivity index (χ1n) is 7.98. The Morgan fingerprint density at radius 2 is 1.54 bits per heavy atom. The van der Waals surface area contributed by atoms with Crippen LogP contribution in [-0.4, -0.2) is 32.4 Å². The standard InChI is InChI=1S/C18H10F3N3O4/c19-18(20,21)17-22-12-7-3-4-8-13(12)23(17)9-14(25)28-24-15(26)10-5-1-2-6-11(10)16(24)27/h1-8H,9H2. The predicted molar refractivity (Wildman–Crippen MR) is 87.8 cm³/mol. The van der Waals surface area contributed by atoms with Gasteiger partial charge in [0, 0.05) is 0 Å². The number of imidazole rings is 1. The highest BCUT2D eigenvalue weighted by atomic mass is 19.4. The molecule has 7 nitrogen and oxygen atoms in total. The molecule has 2 heterocycles. The molecule has 0 saturated carbocycles. The topological polar surface area (TPSA) is 81.5 Å². The molecular weight excluding hydrogens is 379 g/mol. The smallest absolute Gasteiger partial charge is 0.328 e. The van der Waals surface area contributed by atoms with E-state index in [0.717, 1.165) is 0 Å². The van der Waals surface area contributed by atoms with E-state index in [2.05, 4.69) is 4.98 Å². The Labute approximate surface area is 154 Å². The van der Waals surface area contributed by atoms with E-state index in [1.165, 1.54) is 48.5 Å². The highest BCUT2D eigenvalue weighted by Crippen LogP contribution is 2.31. The minimum absolute atomic E-state index is 0.0448. The first kappa shape index (κ1) is 17.7. The monoisotopic (exact) mass is 389 g/mol. The lowest BCUT2D eigenvalue weighted by molar-refractivity contribution is -0.170. The van der Waals surface area contributed by atoms with Crippen molar-refractivity contribution in [2.24, 2.45) is 0 Å². The van der Waals surface area contributed by atoms with Crippen LogP contribution in [0.3, 0.4) is 0 Å². The average molecular weight is 389 g/mol. The van der Waals surface area contributed by atoms with Crippen molar-refractivity contribution in [3.05, 3.63) is 65.5 Å². The van der Waals surface area contributed by atoms with E-state index in [0.29, 0.717) is 4.57 Å². The van der Waals surface area contributed by atoms with Crippen LogP contribution in [0, 0.1) is 0 Å². The van der Waals surface area contributed by atoms with Crippen molar-refractivity contribution in [2.45, 2.75) is 12.7 Å². The summed E-state index contributed by atoms with van der Waals surface area (Å²) in [5, 5.41) is 0.249. The Kier molecular flexibility index (Phi) is 3.91. The molecule has 1 aromatic heterocycles. The molecule has 0 radical (unpaired) electrons. The number of hydroxylamine groups is 2. The molecule has 0 atom stereocenters. The lowest BCUT2D eigenvalue weighted by Gasteiger charge is -2.15. The van der Waals surface area contributed by atoms with Crippen molar-refractivity contribution in [3.8, 4) is 0 Å². The van der Waals surface area contributed by atoms with Gasteiger partial charge in [-0.1, -0.05) is 29.3 Å². The molecule has 2 aromatic carbocycles. The van der Waals surface area contributed by atoms with Crippen molar-refractivity contribution in [2.75, 3.05) is 0 Å². The molecule has 10 heteroatoms. The van der Waals surface area contributed by atoms with Crippen molar-refractivity contribution >= 4 is 28.8 Å². The van der Waals surface area contributed by atoms with Crippen molar-refractivity contribution in [3.63, 3.8) is 0 Å². The maximum absolute atomic E-state index is 13.3. The third kappa shape index (κ3) is 2.79. The second-order valence-corrected chi connectivity index (χ2v) is 5.92. The fraction of sp³-hybridized carbons (Fsp3) is 0.111. The number of halogens is 3. The molecular formula is C18H10F3N3O4. The molecule has 1 aliphatic rings. The number of aromatic nitrogens is 2. The van der Waals surface area contributed by atoms with E-state index >= 15 is 0 Å². The zero-order valence-corrected chi connectivity index (χ0v) is 13.9. The molecule has 1 aliphatic heterocycles. The zero-order valence-electron chi connectivity index (χ0n) is 13.9. The number of rotatable bonds is 3. The summed E-state index contributed by atoms with van der Waals surface area (Å²) in [6.45, 7) is -0.886. The first-order valence-corrected chi connectivity index (χ1v) is 7.98. The SMILES string of the molecule is O=C(Cn1c(C(F)(F)F)nc2ccccc21)ON1C(=O)c2ccccc2C1=O. The lowest BCUT2D eigenvalue weighted by atomic mass is 10.1. The molecule has 0 unspecified atom stereocenters. The van der Waals surface area contributed by atoms with E-state index in [-0.39, 0.29) is 27.2 Å². The summed E-state index contributed by atoms with van der Waals surface area (Å²) in [5.74, 6) is -4.22. The molecule has 0 fully saturated rings. The van der Waals surface area contributed by atoms with Crippen LogP contribution in [0.15, 0.2) is 48.5 Å². The largest absolute Gasteiger partial charge is 0.449 e. The van der Waals surface area contributed by atoms with E-state index < -0.39 is 36.3 Å². The molecule has 0 spiro atoms. The summed E-state index contributed by atoms with van der Waals surface area (Å²) < 4.78 is 40.5. The number of fused-ring (bicyclic) bond motifs is 2. The van der Waals surface area contributed by atoms with Crippen molar-refractivity contribution < 1.29 is 32.4 Å². The number of carbonyl (C=O) groups is 3. The summed E-state index contributed by atoms with van der Waals surface area (Å²) in [5.41, 5.74) is 0.200. The highest BCUT2D eigenvalue weighted by molar-refractivity contribution is 6.20. The maximum Gasteiger partial charge on any atom is 0.449 e. The number of benzene rings is 2. The first-order chi connectivity index (χ1) is 13.3. The van der Waals surface area contributed by atoms with Crippen LogP contribution >= 0.6 is 0 Å². The van der Waals surface area contributed by atoms with E-state index in [1.54, 1.807) is 0 Å². The minimum atomic E-state index is -4.81. The minimum Gasteiger partial charge on any atom is -0.328 e. The Morgan fingerprint density at radius 1 is 0.964 bits per heavy atom. The van der Waals surface area contributed by atoms with Crippen LogP contribution in [0.1, 0.15) is 26.5 Å². The molecule has 142 valence electrons. The van der Waals surface area contributed by atoms with Crippen LogP contribution in [0.2, 0.25) is 0 Å². The van der Waals surface area contributed by atoms with Gasteiger partial charge in [0.15, 0.2) is 0 Å². The second kappa shape index (κ2) is 6.19. The van der Waals surface area contributed by atoms with Gasteiger partial charge in [0.05, 0.1) is 22.2 Å². The van der Waals surface area contributed by atoms with Gasteiger partial charge in [-0.05, 0) is 24.3 Å². The summed E-state index contributed by atoms with van der Waals surface area (Å²) in [6, 6.07) is 11.6. The third-order valence-corrected chi connectivity index (χ3v) is 4.15. The Hall–Kier alpha value is -3.69. The van der Waals surface area contributed by atoms with Gasteiger partial charge < -0.3 is 9.40 Å². The van der Waals surface area contributed by atoms with E-state index in [4.69, 9.17) is 4.84 Å². The molecule has 4 rings (SSSR count). The summed E-state index contributed by atoms with van der Waals surface area (Å²) in [4.78, 5) is 45.0. The number of hydrogen-bond acceptors (Lipinski definition) is 5. The molecule has 28 heavy (non-hydrogen) atoms. The molecule has 3 aromatic rings. The van der Waals surface area contributed by atoms with Crippen LogP contribution in [0.25, 0.3) is 11.0 Å². The van der Waals surface area contributed by atoms with Gasteiger partial charge >= 0.3 is 12.1 Å². The average Bonchev–Trinajstić information content (AvgIpc) is 3.14. The quantitative estimate of drug-likeness (QED) is 0.644. The maximum atomic E-state index is 13.3. The van der Waals surface area contributed by atoms with Crippen LogP contribution in [0.5, 0.6) is 0 Å². The second-order valence-electron chi connectivity index (χ2n) is 5.92.